The van der Waals surface area contributed by atoms with Crippen molar-refractivity contribution in [2.75, 3.05) is 26.1 Å². The normalized spacial score (nSPS) is 15.9. The number of rotatable bonds is 6. The number of carbonyl (C=O) groups is 1. The summed E-state index contributed by atoms with van der Waals surface area (Å²) in [5.74, 6) is 2.05. The molecule has 0 radical (unpaired) electrons. The summed E-state index contributed by atoms with van der Waals surface area (Å²) in [5.41, 5.74) is 3.49. The summed E-state index contributed by atoms with van der Waals surface area (Å²) in [4.78, 5) is 13.8. The smallest absolute Gasteiger partial charge is 0.319 e. The van der Waals surface area contributed by atoms with Gasteiger partial charge in [0.25, 0.3) is 0 Å². The van der Waals surface area contributed by atoms with Crippen molar-refractivity contribution in [3.8, 4) is 11.5 Å². The molecule has 0 saturated carbocycles. The van der Waals surface area contributed by atoms with E-state index >= 15 is 0 Å². The van der Waals surface area contributed by atoms with Crippen molar-refractivity contribution in [2.45, 2.75) is 32.6 Å². The number of urea groups is 1. The van der Waals surface area contributed by atoms with Crippen LogP contribution in [0.2, 0.25) is 0 Å². The van der Waals surface area contributed by atoms with Crippen LogP contribution in [0.3, 0.4) is 0 Å². The van der Waals surface area contributed by atoms with Crippen LogP contribution in [-0.4, -0.2) is 26.8 Å². The average molecular weight is 375 g/mol. The van der Waals surface area contributed by atoms with Crippen LogP contribution in [0.25, 0.3) is 0 Å². The third kappa shape index (κ3) is 4.30. The number of carbonyl (C=O) groups excluding carboxylic acids is 1. The number of benzene rings is 1. The van der Waals surface area contributed by atoms with Gasteiger partial charge in [-0.3, -0.25) is 0 Å². The molecule has 6 heteroatoms. The SMILES string of the molecule is COc1ccc(OC)c(NC(=O)NCCc2csc3c2CC[C@H](C)C3)c1. The number of hydrogen-bond acceptors (Lipinski definition) is 4. The molecule has 0 aliphatic heterocycles. The van der Waals surface area contributed by atoms with E-state index in [-0.39, 0.29) is 6.03 Å². The van der Waals surface area contributed by atoms with Crippen molar-refractivity contribution in [1.82, 2.24) is 5.32 Å². The standard InChI is InChI=1S/C20H26N2O3S/c1-13-4-6-16-14(12-26-19(16)10-13)8-9-21-20(23)22-17-11-15(24-2)5-7-18(17)25-3/h5,7,11-13H,4,6,8-10H2,1-3H3,(H2,21,22,23)/t13-/m0/s1. The number of thiophene rings is 1. The largest absolute Gasteiger partial charge is 0.497 e. The van der Waals surface area contributed by atoms with Crippen molar-refractivity contribution >= 4 is 23.1 Å². The molecule has 2 N–H and O–H groups in total. The molecule has 0 fully saturated rings. The predicted octanol–water partition coefficient (Wildman–Crippen LogP) is 4.25. The molecule has 2 aromatic rings. The Morgan fingerprint density at radius 3 is 2.92 bits per heavy atom. The maximum atomic E-state index is 12.2. The van der Waals surface area contributed by atoms with Crippen LogP contribution in [0.15, 0.2) is 23.6 Å². The number of methoxy groups -OCH3 is 2. The van der Waals surface area contributed by atoms with Gasteiger partial charge in [-0.05, 0) is 60.2 Å². The lowest BCUT2D eigenvalue weighted by Crippen LogP contribution is -2.30. The fourth-order valence-electron chi connectivity index (χ4n) is 3.34. The van der Waals surface area contributed by atoms with E-state index in [2.05, 4.69) is 22.9 Å². The fraction of sp³-hybridized carbons (Fsp3) is 0.450. The first-order valence-corrected chi connectivity index (χ1v) is 9.83. The van der Waals surface area contributed by atoms with Crippen LogP contribution >= 0.6 is 11.3 Å². The first-order valence-electron chi connectivity index (χ1n) is 8.95. The van der Waals surface area contributed by atoms with Crippen LogP contribution in [0.5, 0.6) is 11.5 Å². The van der Waals surface area contributed by atoms with Crippen LogP contribution in [0, 0.1) is 5.92 Å². The van der Waals surface area contributed by atoms with E-state index in [1.54, 1.807) is 32.4 Å². The second-order valence-electron chi connectivity index (χ2n) is 6.71. The van der Waals surface area contributed by atoms with E-state index in [4.69, 9.17) is 9.47 Å². The van der Waals surface area contributed by atoms with Gasteiger partial charge in [0.15, 0.2) is 0 Å². The number of nitrogens with one attached hydrogen (secondary N) is 2. The van der Waals surface area contributed by atoms with Crippen molar-refractivity contribution in [3.05, 3.63) is 39.6 Å². The molecule has 0 bridgehead atoms. The summed E-state index contributed by atoms with van der Waals surface area (Å²) < 4.78 is 10.5. The van der Waals surface area contributed by atoms with E-state index in [9.17, 15) is 4.79 Å². The summed E-state index contributed by atoms with van der Waals surface area (Å²) in [6.07, 6.45) is 4.50. The van der Waals surface area contributed by atoms with E-state index in [0.717, 1.165) is 12.3 Å². The van der Waals surface area contributed by atoms with Gasteiger partial charge >= 0.3 is 6.03 Å². The Morgan fingerprint density at radius 2 is 2.15 bits per heavy atom. The number of fused-ring (bicyclic) bond motifs is 1. The van der Waals surface area contributed by atoms with Crippen LogP contribution in [0.1, 0.15) is 29.3 Å². The van der Waals surface area contributed by atoms with Crippen LogP contribution in [0.4, 0.5) is 10.5 Å². The zero-order valence-corrected chi connectivity index (χ0v) is 16.4. The van der Waals surface area contributed by atoms with E-state index in [0.29, 0.717) is 23.7 Å². The summed E-state index contributed by atoms with van der Waals surface area (Å²) in [7, 11) is 3.17. The van der Waals surface area contributed by atoms with Crippen molar-refractivity contribution < 1.29 is 14.3 Å². The van der Waals surface area contributed by atoms with Gasteiger partial charge in [-0.15, -0.1) is 11.3 Å². The first kappa shape index (κ1) is 18.6. The molecule has 1 aromatic heterocycles. The molecular formula is C20H26N2O3S. The van der Waals surface area contributed by atoms with Crippen LogP contribution < -0.4 is 20.1 Å². The summed E-state index contributed by atoms with van der Waals surface area (Å²) in [6, 6.07) is 5.07. The quantitative estimate of drug-likeness (QED) is 0.794. The lowest BCUT2D eigenvalue weighted by Gasteiger charge is -2.19. The minimum absolute atomic E-state index is 0.241. The topological polar surface area (TPSA) is 59.6 Å². The summed E-state index contributed by atoms with van der Waals surface area (Å²) in [6.45, 7) is 2.93. The fourth-order valence-corrected chi connectivity index (χ4v) is 4.64. The van der Waals surface area contributed by atoms with Gasteiger partial charge in [-0.2, -0.15) is 0 Å². The monoisotopic (exact) mass is 374 g/mol. The molecule has 0 unspecified atom stereocenters. The minimum Gasteiger partial charge on any atom is -0.497 e. The Kier molecular flexibility index (Phi) is 6.04. The number of hydrogen-bond donors (Lipinski definition) is 2. The summed E-state index contributed by atoms with van der Waals surface area (Å²) >= 11 is 1.87. The van der Waals surface area contributed by atoms with Gasteiger partial charge in [0.1, 0.15) is 11.5 Å². The third-order valence-electron chi connectivity index (χ3n) is 4.82. The lowest BCUT2D eigenvalue weighted by molar-refractivity contribution is 0.252. The molecule has 2 amide bonds. The first-order chi connectivity index (χ1) is 12.6. The highest BCUT2D eigenvalue weighted by atomic mass is 32.1. The third-order valence-corrected chi connectivity index (χ3v) is 5.92. The Bertz CT molecular complexity index is 772. The Labute approximate surface area is 158 Å². The molecule has 1 aromatic carbocycles. The van der Waals surface area contributed by atoms with E-state index in [1.165, 1.54) is 35.3 Å². The molecule has 140 valence electrons. The van der Waals surface area contributed by atoms with Crippen molar-refractivity contribution in [3.63, 3.8) is 0 Å². The van der Waals surface area contributed by atoms with Crippen molar-refractivity contribution in [1.29, 1.82) is 0 Å². The molecule has 0 saturated heterocycles. The molecular weight excluding hydrogens is 348 g/mol. The van der Waals surface area contributed by atoms with Gasteiger partial charge in [0, 0.05) is 17.5 Å². The van der Waals surface area contributed by atoms with Gasteiger partial charge in [-0.1, -0.05) is 6.92 Å². The van der Waals surface area contributed by atoms with Gasteiger partial charge in [0.05, 0.1) is 19.9 Å². The van der Waals surface area contributed by atoms with E-state index in [1.807, 2.05) is 11.3 Å². The van der Waals surface area contributed by atoms with Gasteiger partial charge in [-0.25, -0.2) is 4.79 Å². The molecule has 5 nitrogen and oxygen atoms in total. The minimum atomic E-state index is -0.241. The molecule has 1 aliphatic rings. The molecule has 1 atom stereocenters. The highest BCUT2D eigenvalue weighted by molar-refractivity contribution is 7.10. The highest BCUT2D eigenvalue weighted by Crippen LogP contribution is 2.33. The maximum Gasteiger partial charge on any atom is 0.319 e. The molecule has 1 heterocycles. The van der Waals surface area contributed by atoms with E-state index < -0.39 is 0 Å². The molecule has 0 spiro atoms. The average Bonchev–Trinajstić information content (AvgIpc) is 3.03. The Balaban J connectivity index is 1.54. The van der Waals surface area contributed by atoms with Crippen molar-refractivity contribution in [2.24, 2.45) is 5.92 Å². The Hall–Kier alpha value is -2.21. The van der Waals surface area contributed by atoms with Gasteiger partial charge in [0.2, 0.25) is 0 Å². The summed E-state index contributed by atoms with van der Waals surface area (Å²) in [5, 5.41) is 8.02. The van der Waals surface area contributed by atoms with Gasteiger partial charge < -0.3 is 20.1 Å². The highest BCUT2D eigenvalue weighted by Gasteiger charge is 2.19. The van der Waals surface area contributed by atoms with Crippen LogP contribution in [-0.2, 0) is 19.3 Å². The zero-order chi connectivity index (χ0) is 18.5. The number of ether oxygens (including phenoxy) is 2. The maximum absolute atomic E-state index is 12.2. The number of amides is 2. The Morgan fingerprint density at radius 1 is 1.31 bits per heavy atom. The molecule has 26 heavy (non-hydrogen) atoms. The molecule has 1 aliphatic carbocycles. The zero-order valence-electron chi connectivity index (χ0n) is 15.6. The molecule has 3 rings (SSSR count). The lowest BCUT2D eigenvalue weighted by atomic mass is 9.88. The number of anilines is 1. The second-order valence-corrected chi connectivity index (χ2v) is 7.67. The second kappa shape index (κ2) is 8.45. The predicted molar refractivity (Wildman–Crippen MR) is 106 cm³/mol.